The Morgan fingerprint density at radius 1 is 0.952 bits per heavy atom. The highest BCUT2D eigenvalue weighted by Crippen LogP contribution is 2.53. The molecule has 1 aliphatic heterocycles. The first-order valence-corrected chi connectivity index (χ1v) is 23.7. The molecule has 0 unspecified atom stereocenters. The minimum Gasteiger partial charge on any atom is -0.459 e. The zero-order chi connectivity index (χ0) is 32.5. The quantitative estimate of drug-likeness (QED) is 0.0965. The molecular weight excluding hydrogens is 585 g/mol. The highest BCUT2D eigenvalue weighted by Gasteiger charge is 2.73. The molecule has 0 amide bonds. The number of methoxy groups -OCH3 is 1. The minimum absolute atomic E-state index is 0.0112. The van der Waals surface area contributed by atoms with E-state index < -0.39 is 54.0 Å². The lowest BCUT2D eigenvalue weighted by Crippen LogP contribution is -2.79. The van der Waals surface area contributed by atoms with Crippen molar-refractivity contribution in [2.45, 2.75) is 140 Å². The maximum Gasteiger partial charge on any atom is 0.384 e. The van der Waals surface area contributed by atoms with E-state index in [9.17, 15) is 9.90 Å². The minimum atomic E-state index is -2.52. The van der Waals surface area contributed by atoms with Gasteiger partial charge in [0.05, 0.1) is 33.0 Å². The van der Waals surface area contributed by atoms with Crippen molar-refractivity contribution in [1.29, 1.82) is 0 Å². The van der Waals surface area contributed by atoms with Gasteiger partial charge in [0.15, 0.2) is 30.6 Å². The third-order valence-electron chi connectivity index (χ3n) is 10.3. The Hall–Kier alpha value is -0.819. The third-order valence-corrected chi connectivity index (χ3v) is 23.9. The Balaban J connectivity index is 3.05. The van der Waals surface area contributed by atoms with Crippen molar-refractivity contribution in [3.8, 4) is 11.8 Å². The molecule has 1 N–H and O–H groups in total. The van der Waals surface area contributed by atoms with Gasteiger partial charge in [-0.25, -0.2) is 4.79 Å². The molecule has 1 saturated heterocycles. The number of carbonyl (C=O) groups excluding carboxylic acids is 1. The first-order chi connectivity index (χ1) is 19.1. The van der Waals surface area contributed by atoms with Gasteiger partial charge in [0.25, 0.3) is 0 Å². The smallest absolute Gasteiger partial charge is 0.384 e. The lowest BCUT2D eigenvalue weighted by atomic mass is 9.69. The summed E-state index contributed by atoms with van der Waals surface area (Å²) in [4.78, 5) is 12.5. The molecule has 1 fully saturated rings. The Bertz CT molecular complexity index is 1030. The summed E-state index contributed by atoms with van der Waals surface area (Å²) in [6, 6.07) is 2.44. The van der Waals surface area contributed by atoms with Crippen molar-refractivity contribution in [2.24, 2.45) is 0 Å². The summed E-state index contributed by atoms with van der Waals surface area (Å²) in [6.07, 6.45) is 2.86. The van der Waals surface area contributed by atoms with E-state index in [1.54, 1.807) is 6.08 Å². The highest BCUT2D eigenvalue weighted by atomic mass is 28.4. The molecule has 0 radical (unpaired) electrons. The van der Waals surface area contributed by atoms with Crippen LogP contribution in [0.25, 0.3) is 0 Å². The molecule has 3 atom stereocenters. The number of carbonyl (C=O) groups is 1. The second-order valence-corrected chi connectivity index (χ2v) is 29.0. The van der Waals surface area contributed by atoms with Crippen molar-refractivity contribution in [3.63, 3.8) is 0 Å². The van der Waals surface area contributed by atoms with E-state index in [2.05, 4.69) is 100 Å². The summed E-state index contributed by atoms with van der Waals surface area (Å²) in [7, 11) is -6.11. The van der Waals surface area contributed by atoms with E-state index in [1.165, 1.54) is 7.11 Å². The van der Waals surface area contributed by atoms with Crippen molar-refractivity contribution in [3.05, 3.63) is 12.2 Å². The summed E-state index contributed by atoms with van der Waals surface area (Å²) < 4.78 is 38.9. The Labute approximate surface area is 258 Å². The number of rotatable bonds is 10. The fraction of sp³-hybridized carbons (Fsp3) is 0.839. The number of aliphatic hydroxyl groups is 1. The van der Waals surface area contributed by atoms with E-state index in [4.69, 9.17) is 27.5 Å². The van der Waals surface area contributed by atoms with Gasteiger partial charge in [-0.2, -0.15) is 0 Å². The van der Waals surface area contributed by atoms with Gasteiger partial charge >= 0.3 is 5.97 Å². The lowest BCUT2D eigenvalue weighted by molar-refractivity contribution is -0.295. The second kappa shape index (κ2) is 12.9. The van der Waals surface area contributed by atoms with Gasteiger partial charge in [0.1, 0.15) is 0 Å². The Morgan fingerprint density at radius 2 is 1.45 bits per heavy atom. The molecule has 1 spiro atoms. The average molecular weight is 643 g/mol. The number of hydrogen-bond donors (Lipinski definition) is 1. The van der Waals surface area contributed by atoms with Crippen LogP contribution in [0.15, 0.2) is 12.2 Å². The van der Waals surface area contributed by atoms with E-state index in [0.717, 1.165) is 18.1 Å². The predicted octanol–water partition coefficient (Wildman–Crippen LogP) is 6.38. The molecular formula is C31H58O8Si3. The SMILES string of the molecule is CC[Si](CC)(CC)O[C@]1(CO[Si](C)(C)C(C)(C)C)[C@H](O[Si](C)(C)C(C)(C)C)C=CC2(OCCO2)[C@@]1(O)C#CC(=O)OC. The van der Waals surface area contributed by atoms with Crippen LogP contribution in [0.3, 0.4) is 0 Å². The molecule has 2 rings (SSSR count). The van der Waals surface area contributed by atoms with Gasteiger partial charge < -0.3 is 32.6 Å². The maximum atomic E-state index is 13.2. The zero-order valence-corrected chi connectivity index (χ0v) is 31.8. The van der Waals surface area contributed by atoms with Gasteiger partial charge in [0, 0.05) is 5.92 Å². The van der Waals surface area contributed by atoms with E-state index in [0.29, 0.717) is 0 Å². The van der Waals surface area contributed by atoms with Gasteiger partial charge in [-0.1, -0.05) is 68.4 Å². The topological polar surface area (TPSA) is 92.7 Å². The molecule has 11 heteroatoms. The fourth-order valence-corrected chi connectivity index (χ4v) is 10.2. The molecule has 1 aliphatic carbocycles. The Kier molecular flexibility index (Phi) is 11.5. The van der Waals surface area contributed by atoms with Crippen LogP contribution >= 0.6 is 0 Å². The monoisotopic (exact) mass is 642 g/mol. The first-order valence-electron chi connectivity index (χ1n) is 15.4. The molecule has 0 aromatic rings. The molecule has 0 aromatic heterocycles. The summed E-state index contributed by atoms with van der Waals surface area (Å²) in [6.45, 7) is 28.7. The van der Waals surface area contributed by atoms with Crippen LogP contribution in [0.1, 0.15) is 62.3 Å². The van der Waals surface area contributed by atoms with E-state index >= 15 is 0 Å². The van der Waals surface area contributed by atoms with Crippen molar-refractivity contribution < 1.29 is 37.4 Å². The largest absolute Gasteiger partial charge is 0.459 e. The van der Waals surface area contributed by atoms with E-state index in [1.807, 2.05) is 6.08 Å². The molecule has 1 heterocycles. The zero-order valence-electron chi connectivity index (χ0n) is 28.8. The molecule has 8 nitrogen and oxygen atoms in total. The van der Waals surface area contributed by atoms with Crippen LogP contribution in [0.4, 0.5) is 0 Å². The van der Waals surface area contributed by atoms with Gasteiger partial charge in [-0.15, -0.1) is 0 Å². The second-order valence-electron chi connectivity index (χ2n) is 14.8. The predicted molar refractivity (Wildman–Crippen MR) is 175 cm³/mol. The summed E-state index contributed by atoms with van der Waals surface area (Å²) in [5.41, 5.74) is -3.75. The summed E-state index contributed by atoms with van der Waals surface area (Å²) in [5.74, 6) is 2.95. The highest BCUT2D eigenvalue weighted by molar-refractivity contribution is 6.75. The first kappa shape index (κ1) is 37.4. The normalized spacial score (nSPS) is 26.7. The average Bonchev–Trinajstić information content (AvgIpc) is 3.38. The van der Waals surface area contributed by atoms with Gasteiger partial charge in [-0.05, 0) is 66.4 Å². The summed E-state index contributed by atoms with van der Waals surface area (Å²) >= 11 is 0. The standard InChI is InChI=1S/C31H58O8Si3/c1-15-42(16-2,17-3)39-29(24-37-40(11,12)27(4,5)6)25(38-41(13,14)28(7,8)9)18-21-31(35-22-23-36-31)30(29,33)20-19-26(32)34-10/h18,21,25,33H,15-17,22-24H2,1-14H3/t25-,29-,30-/m1/s1. The van der Waals surface area contributed by atoms with Crippen LogP contribution in [-0.4, -0.2) is 86.1 Å². The number of ether oxygens (including phenoxy) is 3. The van der Waals surface area contributed by atoms with Crippen LogP contribution < -0.4 is 0 Å². The van der Waals surface area contributed by atoms with Crippen LogP contribution in [0.5, 0.6) is 0 Å². The van der Waals surface area contributed by atoms with Crippen LogP contribution in [-0.2, 0) is 32.3 Å². The van der Waals surface area contributed by atoms with Crippen molar-refractivity contribution in [1.82, 2.24) is 0 Å². The third kappa shape index (κ3) is 6.87. The molecule has 0 saturated carbocycles. The molecule has 0 aromatic carbocycles. The molecule has 2 aliphatic rings. The van der Waals surface area contributed by atoms with Gasteiger partial charge in [-0.3, -0.25) is 0 Å². The van der Waals surface area contributed by atoms with Gasteiger partial charge in [0.2, 0.25) is 11.4 Å². The van der Waals surface area contributed by atoms with Crippen LogP contribution in [0, 0.1) is 11.8 Å². The van der Waals surface area contributed by atoms with Crippen molar-refractivity contribution >= 4 is 30.9 Å². The molecule has 0 bridgehead atoms. The van der Waals surface area contributed by atoms with Crippen LogP contribution in [0.2, 0.25) is 54.4 Å². The summed E-state index contributed by atoms with van der Waals surface area (Å²) in [5, 5.41) is 12.9. The van der Waals surface area contributed by atoms with E-state index in [-0.39, 0.29) is 29.9 Å². The fourth-order valence-electron chi connectivity index (χ4n) is 4.94. The lowest BCUT2D eigenvalue weighted by Gasteiger charge is -2.59. The number of hydrogen-bond acceptors (Lipinski definition) is 8. The maximum absolute atomic E-state index is 13.2. The van der Waals surface area contributed by atoms with Crippen molar-refractivity contribution in [2.75, 3.05) is 26.9 Å². The number of esters is 1. The molecule has 242 valence electrons. The molecule has 42 heavy (non-hydrogen) atoms. The Morgan fingerprint density at radius 3 is 1.88 bits per heavy atom.